The zero-order valence-electron chi connectivity index (χ0n) is 41.0. The number of halogens is 2. The van der Waals surface area contributed by atoms with Crippen molar-refractivity contribution in [1.29, 1.82) is 0 Å². The van der Waals surface area contributed by atoms with E-state index in [-0.39, 0.29) is 63.7 Å². The number of ketones is 1. The van der Waals surface area contributed by atoms with E-state index in [0.717, 1.165) is 68.1 Å². The lowest BCUT2D eigenvalue weighted by Gasteiger charge is -2.72. The van der Waals surface area contributed by atoms with Gasteiger partial charge in [-0.25, -0.2) is 0 Å². The van der Waals surface area contributed by atoms with Gasteiger partial charge in [0.2, 0.25) is 0 Å². The molecule has 9 heteroatoms. The van der Waals surface area contributed by atoms with Crippen molar-refractivity contribution in [2.24, 2.45) is 56.2 Å². The molecule has 0 spiro atoms. The first-order valence-corrected chi connectivity index (χ1v) is 25.0. The summed E-state index contributed by atoms with van der Waals surface area (Å²) in [6, 6.07) is 15.9. The SMILES string of the molecule is CC(C)C1=C2[C@H]3CC[C@@H]4[C@@]5(C)CC[C@H](OC(=O)CC(C)(C)C(=O)OC(C)(C)C)C(C)(C)[C@@H]5CC[C@@]4(C)[C@]3(C)CCC2(C(O)CN(Cc2ccc(Cl)cc2)Cc2ccc(Cl)cc2)CC1=O. The predicted octanol–water partition coefficient (Wildman–Crippen LogP) is 13.0. The first kappa shape index (κ1) is 49.2. The van der Waals surface area contributed by atoms with Crippen molar-refractivity contribution in [2.45, 2.75) is 178 Å². The highest BCUT2D eigenvalue weighted by Crippen LogP contribution is 2.77. The number of rotatable bonds is 12. The molecule has 2 aromatic carbocycles. The molecule has 64 heavy (non-hydrogen) atoms. The molecule has 0 amide bonds. The van der Waals surface area contributed by atoms with Crippen LogP contribution in [-0.2, 0) is 36.9 Å². The van der Waals surface area contributed by atoms with Crippen molar-refractivity contribution in [3.8, 4) is 0 Å². The van der Waals surface area contributed by atoms with Crippen LogP contribution >= 0.6 is 23.2 Å². The minimum atomic E-state index is -0.991. The first-order chi connectivity index (χ1) is 29.7. The molecule has 4 fully saturated rings. The van der Waals surface area contributed by atoms with Gasteiger partial charge in [-0.2, -0.15) is 0 Å². The fourth-order valence-corrected chi connectivity index (χ4v) is 14.9. The van der Waals surface area contributed by atoms with Crippen molar-refractivity contribution >= 4 is 40.9 Å². The number of hydrogen-bond acceptors (Lipinski definition) is 7. The van der Waals surface area contributed by atoms with Crippen LogP contribution in [0.4, 0.5) is 0 Å². The molecule has 5 aliphatic carbocycles. The first-order valence-electron chi connectivity index (χ1n) is 24.3. The van der Waals surface area contributed by atoms with Crippen molar-refractivity contribution in [3.63, 3.8) is 0 Å². The zero-order valence-corrected chi connectivity index (χ0v) is 42.5. The summed E-state index contributed by atoms with van der Waals surface area (Å²) in [5.74, 6) is 0.611. The van der Waals surface area contributed by atoms with E-state index < -0.39 is 22.5 Å². The molecular weight excluding hydrogens is 842 g/mol. The second-order valence-electron chi connectivity index (χ2n) is 24.2. The van der Waals surface area contributed by atoms with Crippen molar-refractivity contribution < 1.29 is 29.0 Å². The van der Waals surface area contributed by atoms with E-state index in [2.05, 4.69) is 77.6 Å². The molecule has 0 saturated heterocycles. The average molecular weight is 919 g/mol. The second-order valence-corrected chi connectivity index (χ2v) is 25.1. The Hall–Kier alpha value is -2.71. The van der Waals surface area contributed by atoms with Gasteiger partial charge in [0.25, 0.3) is 0 Å². The summed E-state index contributed by atoms with van der Waals surface area (Å²) in [7, 11) is 0. The standard InChI is InChI=1S/C55H77Cl2NO6/c1-34(2)46-40(59)29-55(43(60)33-58(31-35-13-17-37(56)18-14-35)32-36-15-19-38(57)20-16-36)28-27-53(11)39(47(46)55)21-22-42-52(10)25-24-44(51(8,9)41(52)23-26-54(42,53)12)63-45(61)30-50(6,7)48(62)64-49(3,4)5/h13-20,34,39,41-44,60H,21-33H2,1-12H3/t39-,41+,42-,43?,44+,52+,53-,54-,55?/m1/s1. The molecule has 0 heterocycles. The number of aliphatic hydroxyl groups excluding tert-OH is 1. The van der Waals surface area contributed by atoms with Crippen molar-refractivity contribution in [2.75, 3.05) is 6.54 Å². The van der Waals surface area contributed by atoms with Gasteiger partial charge in [0.1, 0.15) is 11.7 Å². The van der Waals surface area contributed by atoms with Gasteiger partial charge in [0.05, 0.1) is 17.9 Å². The van der Waals surface area contributed by atoms with Crippen LogP contribution in [0, 0.1) is 56.2 Å². The number of Topliss-reactive ketones (excluding diaryl/α,β-unsaturated/α-hetero) is 1. The van der Waals surface area contributed by atoms with Crippen LogP contribution in [0.1, 0.15) is 158 Å². The number of benzene rings is 2. The Morgan fingerprint density at radius 1 is 0.781 bits per heavy atom. The lowest BCUT2D eigenvalue weighted by atomic mass is 9.33. The Morgan fingerprint density at radius 3 is 1.91 bits per heavy atom. The molecule has 7 nitrogen and oxygen atoms in total. The third-order valence-corrected chi connectivity index (χ3v) is 18.4. The number of esters is 2. The van der Waals surface area contributed by atoms with Gasteiger partial charge in [-0.15, -0.1) is 0 Å². The fraction of sp³-hybridized carbons (Fsp3) is 0.691. The topological polar surface area (TPSA) is 93.1 Å². The second kappa shape index (κ2) is 17.4. The quantitative estimate of drug-likeness (QED) is 0.212. The van der Waals surface area contributed by atoms with Gasteiger partial charge < -0.3 is 14.6 Å². The Balaban J connectivity index is 1.14. The smallest absolute Gasteiger partial charge is 0.312 e. The molecule has 4 saturated carbocycles. The molecule has 352 valence electrons. The molecule has 0 aliphatic heterocycles. The summed E-state index contributed by atoms with van der Waals surface area (Å²) >= 11 is 12.6. The number of hydrogen-bond donors (Lipinski definition) is 1. The lowest BCUT2D eigenvalue weighted by molar-refractivity contribution is -0.235. The Labute approximate surface area is 394 Å². The van der Waals surface area contributed by atoms with Gasteiger partial charge in [0.15, 0.2) is 5.78 Å². The summed E-state index contributed by atoms with van der Waals surface area (Å²) in [6.07, 6.45) is 7.13. The molecule has 9 atom stereocenters. The van der Waals surface area contributed by atoms with Crippen molar-refractivity contribution in [3.05, 3.63) is 80.8 Å². The molecule has 7 rings (SSSR count). The van der Waals surface area contributed by atoms with Gasteiger partial charge in [-0.1, -0.05) is 102 Å². The summed E-state index contributed by atoms with van der Waals surface area (Å²) in [5.41, 5.74) is 2.03. The molecule has 1 N–H and O–H groups in total. The van der Waals surface area contributed by atoms with E-state index in [0.29, 0.717) is 47.9 Å². The Morgan fingerprint density at radius 2 is 1.36 bits per heavy atom. The van der Waals surface area contributed by atoms with Crippen LogP contribution in [0.25, 0.3) is 0 Å². The van der Waals surface area contributed by atoms with Gasteiger partial charge in [-0.05, 0) is 167 Å². The number of aliphatic hydroxyl groups is 1. The van der Waals surface area contributed by atoms with Gasteiger partial charge >= 0.3 is 11.9 Å². The van der Waals surface area contributed by atoms with Crippen LogP contribution in [0.5, 0.6) is 0 Å². The van der Waals surface area contributed by atoms with Crippen LogP contribution in [0.2, 0.25) is 10.0 Å². The van der Waals surface area contributed by atoms with E-state index >= 15 is 0 Å². The maximum absolute atomic E-state index is 14.5. The molecule has 0 radical (unpaired) electrons. The number of carbonyl (C=O) groups excluding carboxylic acids is 3. The summed E-state index contributed by atoms with van der Waals surface area (Å²) < 4.78 is 12.0. The Bertz CT molecular complexity index is 2070. The molecule has 0 aromatic heterocycles. The number of ether oxygens (including phenoxy) is 2. The summed E-state index contributed by atoms with van der Waals surface area (Å²) in [5, 5.41) is 14.3. The monoisotopic (exact) mass is 918 g/mol. The van der Waals surface area contributed by atoms with E-state index in [1.807, 2.05) is 45.0 Å². The molecule has 2 aromatic rings. The van der Waals surface area contributed by atoms with E-state index in [4.69, 9.17) is 32.7 Å². The highest BCUT2D eigenvalue weighted by atomic mass is 35.5. The number of allylic oxidation sites excluding steroid dienone is 1. The highest BCUT2D eigenvalue weighted by Gasteiger charge is 2.71. The number of carbonyl (C=O) groups is 3. The molecular formula is C55H77Cl2NO6. The number of nitrogens with zero attached hydrogens (tertiary/aromatic N) is 1. The minimum Gasteiger partial charge on any atom is -0.462 e. The normalized spacial score (nSPS) is 33.0. The van der Waals surface area contributed by atoms with Crippen molar-refractivity contribution in [1.82, 2.24) is 4.90 Å². The summed E-state index contributed by atoms with van der Waals surface area (Å²) in [6.45, 7) is 27.4. The molecule has 0 bridgehead atoms. The van der Waals surface area contributed by atoms with Gasteiger partial charge in [-0.3, -0.25) is 19.3 Å². The third kappa shape index (κ3) is 8.80. The highest BCUT2D eigenvalue weighted by molar-refractivity contribution is 6.30. The minimum absolute atomic E-state index is 0.0191. The Kier molecular flexibility index (Phi) is 13.4. The zero-order chi connectivity index (χ0) is 47.0. The lowest BCUT2D eigenvalue weighted by Crippen LogP contribution is -2.66. The maximum atomic E-state index is 14.5. The van der Waals surface area contributed by atoms with Crippen LogP contribution in [-0.4, -0.2) is 52.1 Å². The van der Waals surface area contributed by atoms with E-state index in [1.165, 1.54) is 5.57 Å². The number of fused-ring (bicyclic) bond motifs is 7. The van der Waals surface area contributed by atoms with Crippen LogP contribution in [0.3, 0.4) is 0 Å². The largest absolute Gasteiger partial charge is 0.462 e. The third-order valence-electron chi connectivity index (χ3n) is 17.9. The molecule has 5 aliphatic rings. The van der Waals surface area contributed by atoms with Crippen LogP contribution < -0.4 is 0 Å². The van der Waals surface area contributed by atoms with Crippen LogP contribution in [0.15, 0.2) is 59.7 Å². The summed E-state index contributed by atoms with van der Waals surface area (Å²) in [4.78, 5) is 43.5. The predicted molar refractivity (Wildman–Crippen MR) is 257 cm³/mol. The average Bonchev–Trinajstić information content (AvgIpc) is 3.50. The fourth-order valence-electron chi connectivity index (χ4n) is 14.6. The van der Waals surface area contributed by atoms with E-state index in [9.17, 15) is 19.5 Å². The molecule has 2 unspecified atom stereocenters. The van der Waals surface area contributed by atoms with E-state index in [1.54, 1.807) is 13.8 Å². The van der Waals surface area contributed by atoms with Gasteiger partial charge in [0, 0.05) is 46.9 Å². The maximum Gasteiger partial charge on any atom is 0.312 e.